The van der Waals surface area contributed by atoms with E-state index in [4.69, 9.17) is 15.3 Å². The predicted octanol–water partition coefficient (Wildman–Crippen LogP) is 1.39. The number of carboxylic acid groups (broad SMARTS) is 3. The number of rotatable bonds is 8. The third-order valence-corrected chi connectivity index (χ3v) is 2.99. The van der Waals surface area contributed by atoms with Crippen LogP contribution in [0.4, 0.5) is 5.69 Å². The topological polar surface area (TPSA) is 115 Å². The van der Waals surface area contributed by atoms with Gasteiger partial charge in [0.1, 0.15) is 0 Å². The van der Waals surface area contributed by atoms with E-state index in [1.54, 1.807) is 17.0 Å². The van der Waals surface area contributed by atoms with Crippen molar-refractivity contribution in [2.45, 2.75) is 13.3 Å². The Morgan fingerprint density at radius 3 is 2.10 bits per heavy atom. The maximum Gasteiger partial charge on any atom is 0.335 e. The average molecular weight is 295 g/mol. The molecule has 1 aromatic rings. The molecule has 21 heavy (non-hydrogen) atoms. The number of aliphatic carboxylic acids is 2. The Hall–Kier alpha value is -2.57. The molecule has 0 bridgehead atoms. The van der Waals surface area contributed by atoms with Crippen molar-refractivity contribution in [2.75, 3.05) is 18.0 Å². The summed E-state index contributed by atoms with van der Waals surface area (Å²) in [5.41, 5.74) is 0.706. The largest absolute Gasteiger partial charge is 0.481 e. The maximum atomic E-state index is 10.9. The van der Waals surface area contributed by atoms with E-state index < -0.39 is 23.8 Å². The first-order valence-electron chi connectivity index (χ1n) is 6.34. The number of hydrogen-bond donors (Lipinski definition) is 3. The quantitative estimate of drug-likeness (QED) is 0.663. The highest BCUT2D eigenvalue weighted by molar-refractivity contribution is 5.88. The molecule has 0 radical (unpaired) electrons. The Kier molecular flexibility index (Phi) is 5.71. The average Bonchev–Trinajstić information content (AvgIpc) is 2.42. The third kappa shape index (κ3) is 5.13. The molecule has 0 spiro atoms. The van der Waals surface area contributed by atoms with Gasteiger partial charge in [-0.05, 0) is 24.3 Å². The summed E-state index contributed by atoms with van der Waals surface area (Å²) in [4.78, 5) is 34.0. The Morgan fingerprint density at radius 2 is 1.67 bits per heavy atom. The fourth-order valence-electron chi connectivity index (χ4n) is 1.78. The normalized spacial score (nSPS) is 11.7. The lowest BCUT2D eigenvalue weighted by molar-refractivity contribution is -0.140. The number of aromatic carboxylic acids is 1. The number of carboxylic acids is 3. The summed E-state index contributed by atoms with van der Waals surface area (Å²) in [5.74, 6) is -3.68. The van der Waals surface area contributed by atoms with Crippen LogP contribution >= 0.6 is 0 Å². The van der Waals surface area contributed by atoms with E-state index >= 15 is 0 Å². The first-order valence-corrected chi connectivity index (χ1v) is 6.34. The van der Waals surface area contributed by atoms with Crippen molar-refractivity contribution < 1.29 is 29.7 Å². The maximum absolute atomic E-state index is 10.9. The zero-order chi connectivity index (χ0) is 16.0. The van der Waals surface area contributed by atoms with E-state index in [9.17, 15) is 14.4 Å². The number of carbonyl (C=O) groups is 3. The van der Waals surface area contributed by atoms with Gasteiger partial charge in [-0.1, -0.05) is 6.92 Å². The molecule has 0 heterocycles. The van der Waals surface area contributed by atoms with Crippen LogP contribution in [0.2, 0.25) is 0 Å². The molecule has 7 nitrogen and oxygen atoms in total. The van der Waals surface area contributed by atoms with Crippen molar-refractivity contribution in [3.05, 3.63) is 29.8 Å². The molecule has 7 heteroatoms. The zero-order valence-corrected chi connectivity index (χ0v) is 11.5. The molecule has 1 rings (SSSR count). The van der Waals surface area contributed by atoms with E-state index in [1.807, 2.05) is 0 Å². The second-order valence-electron chi connectivity index (χ2n) is 4.68. The van der Waals surface area contributed by atoms with Crippen molar-refractivity contribution in [3.8, 4) is 0 Å². The third-order valence-electron chi connectivity index (χ3n) is 2.99. The number of nitrogens with zero attached hydrogens (tertiary/aromatic N) is 1. The van der Waals surface area contributed by atoms with Crippen LogP contribution in [0.3, 0.4) is 0 Å². The van der Waals surface area contributed by atoms with Crippen molar-refractivity contribution >= 4 is 23.6 Å². The van der Waals surface area contributed by atoms with E-state index in [0.717, 1.165) is 0 Å². The molecule has 0 amide bonds. The van der Waals surface area contributed by atoms with Crippen LogP contribution in [0, 0.1) is 5.92 Å². The molecule has 114 valence electrons. The molecule has 0 aliphatic heterocycles. The standard InChI is InChI=1S/C14H17NO6/c1-9(13(18)19)8-15(7-6-12(16)17)11-4-2-10(3-5-11)14(20)21/h2-5,9H,6-8H2,1H3,(H,16,17)(H,18,19)(H,20,21). The van der Waals surface area contributed by atoms with Crippen LogP contribution in [0.1, 0.15) is 23.7 Å². The second kappa shape index (κ2) is 7.28. The van der Waals surface area contributed by atoms with Gasteiger partial charge in [0.05, 0.1) is 17.9 Å². The van der Waals surface area contributed by atoms with Crippen LogP contribution in [0.15, 0.2) is 24.3 Å². The van der Waals surface area contributed by atoms with Crippen LogP contribution in [0.25, 0.3) is 0 Å². The summed E-state index contributed by atoms with van der Waals surface area (Å²) >= 11 is 0. The highest BCUT2D eigenvalue weighted by atomic mass is 16.4. The van der Waals surface area contributed by atoms with Gasteiger partial charge in [-0.2, -0.15) is 0 Å². The minimum Gasteiger partial charge on any atom is -0.481 e. The first kappa shape index (κ1) is 16.5. The van der Waals surface area contributed by atoms with Gasteiger partial charge in [0.15, 0.2) is 0 Å². The van der Waals surface area contributed by atoms with Crippen LogP contribution in [0.5, 0.6) is 0 Å². The van der Waals surface area contributed by atoms with Crippen LogP contribution < -0.4 is 4.90 Å². The number of benzene rings is 1. The Labute approximate surface area is 121 Å². The minimum absolute atomic E-state index is 0.114. The molecule has 0 saturated carbocycles. The summed E-state index contributed by atoms with van der Waals surface area (Å²) in [7, 11) is 0. The van der Waals surface area contributed by atoms with Gasteiger partial charge < -0.3 is 20.2 Å². The predicted molar refractivity (Wildman–Crippen MR) is 74.7 cm³/mol. The number of hydrogen-bond acceptors (Lipinski definition) is 4. The zero-order valence-electron chi connectivity index (χ0n) is 11.5. The molecule has 3 N–H and O–H groups in total. The fourth-order valence-corrected chi connectivity index (χ4v) is 1.78. The Morgan fingerprint density at radius 1 is 1.10 bits per heavy atom. The molecule has 0 aliphatic rings. The van der Waals surface area contributed by atoms with Gasteiger partial charge in [-0.3, -0.25) is 9.59 Å². The van der Waals surface area contributed by atoms with Gasteiger partial charge in [0.2, 0.25) is 0 Å². The Balaban J connectivity index is 2.90. The first-order chi connectivity index (χ1) is 9.81. The van der Waals surface area contributed by atoms with Gasteiger partial charge >= 0.3 is 17.9 Å². The van der Waals surface area contributed by atoms with Gasteiger partial charge in [-0.15, -0.1) is 0 Å². The summed E-state index contributed by atoms with van der Waals surface area (Å²) in [6.07, 6.45) is -0.132. The second-order valence-corrected chi connectivity index (χ2v) is 4.68. The Bertz CT molecular complexity index is 525. The van der Waals surface area contributed by atoms with E-state index in [2.05, 4.69) is 0 Å². The summed E-state index contributed by atoms with van der Waals surface area (Å²) in [6, 6.07) is 5.88. The van der Waals surface area contributed by atoms with Crippen molar-refractivity contribution in [1.29, 1.82) is 0 Å². The van der Waals surface area contributed by atoms with Crippen LogP contribution in [-0.2, 0) is 9.59 Å². The number of anilines is 1. The lowest BCUT2D eigenvalue weighted by atomic mass is 10.1. The van der Waals surface area contributed by atoms with Gasteiger partial charge in [0, 0.05) is 18.8 Å². The molecular formula is C14H17NO6. The lowest BCUT2D eigenvalue weighted by Gasteiger charge is -2.26. The monoisotopic (exact) mass is 295 g/mol. The van der Waals surface area contributed by atoms with Crippen LogP contribution in [-0.4, -0.2) is 46.3 Å². The SMILES string of the molecule is CC(CN(CCC(=O)O)c1ccc(C(=O)O)cc1)C(=O)O. The molecule has 0 saturated heterocycles. The molecule has 0 aromatic heterocycles. The fraction of sp³-hybridized carbons (Fsp3) is 0.357. The van der Waals surface area contributed by atoms with E-state index in [1.165, 1.54) is 19.1 Å². The smallest absolute Gasteiger partial charge is 0.335 e. The molecule has 1 aromatic carbocycles. The van der Waals surface area contributed by atoms with Crippen molar-refractivity contribution in [3.63, 3.8) is 0 Å². The van der Waals surface area contributed by atoms with Gasteiger partial charge in [-0.25, -0.2) is 4.79 Å². The van der Waals surface area contributed by atoms with Crippen molar-refractivity contribution in [1.82, 2.24) is 0 Å². The molecular weight excluding hydrogens is 278 g/mol. The summed E-state index contributed by atoms with van der Waals surface area (Å²) in [5, 5.41) is 26.5. The molecule has 0 fully saturated rings. The highest BCUT2D eigenvalue weighted by Gasteiger charge is 2.17. The lowest BCUT2D eigenvalue weighted by Crippen LogP contribution is -2.33. The molecule has 1 atom stereocenters. The molecule has 0 aliphatic carbocycles. The summed E-state index contributed by atoms with van der Waals surface area (Å²) in [6.45, 7) is 1.83. The summed E-state index contributed by atoms with van der Waals surface area (Å²) < 4.78 is 0. The van der Waals surface area contributed by atoms with E-state index in [-0.39, 0.29) is 25.1 Å². The van der Waals surface area contributed by atoms with E-state index in [0.29, 0.717) is 5.69 Å². The minimum atomic E-state index is -1.06. The van der Waals surface area contributed by atoms with Gasteiger partial charge in [0.25, 0.3) is 0 Å². The van der Waals surface area contributed by atoms with Crippen molar-refractivity contribution in [2.24, 2.45) is 5.92 Å². The highest BCUT2D eigenvalue weighted by Crippen LogP contribution is 2.17. The molecule has 1 unspecified atom stereocenters.